The molecule has 7 unspecified atom stereocenters. The normalized spacial score (nSPS) is 43.7. The summed E-state index contributed by atoms with van der Waals surface area (Å²) in [4.78, 5) is 26.8. The molecule has 5 aliphatic carbocycles. The highest BCUT2D eigenvalue weighted by Gasteiger charge is 2.65. The summed E-state index contributed by atoms with van der Waals surface area (Å²) in [5.74, 6) is 3.50. The number of carbonyl (C=O) groups excluding carboxylic acids is 2. The molecule has 0 aromatic heterocycles. The molecule has 5 fully saturated rings. The summed E-state index contributed by atoms with van der Waals surface area (Å²) in [5, 5.41) is 6.78. The molecule has 4 heteroatoms. The Labute approximate surface area is 232 Å². The number of nitrogens with one attached hydrogen (secondary N) is 2. The van der Waals surface area contributed by atoms with Gasteiger partial charge in [-0.05, 0) is 108 Å². The lowest BCUT2D eigenvalue weighted by Crippen LogP contribution is -2.63. The average molecular weight is 525 g/mol. The second-order valence-corrected chi connectivity index (χ2v) is 15.3. The standard InChI is InChI=1S/C32H50N2O2.C2H6/c1-19(2)26-23(35)16-32(34-28(36)20-17-33-18-20)15-10-22-21(27(26)32)8-9-25-30(22,5)14-11-24-29(3,4)12-7-13-31(24,25)6;1-2/h19-22,24-25,33H,7-18H2,1-6H3,(H,34,36);1-2H3. The van der Waals surface area contributed by atoms with Crippen LogP contribution in [0.2, 0.25) is 0 Å². The van der Waals surface area contributed by atoms with Crippen molar-refractivity contribution in [3.05, 3.63) is 11.1 Å². The molecule has 214 valence electrons. The highest BCUT2D eigenvalue weighted by atomic mass is 16.2. The minimum atomic E-state index is -0.415. The zero-order chi connectivity index (χ0) is 27.7. The second kappa shape index (κ2) is 9.74. The molecule has 4 saturated carbocycles. The van der Waals surface area contributed by atoms with Crippen molar-refractivity contribution in [2.75, 3.05) is 13.1 Å². The van der Waals surface area contributed by atoms with E-state index in [4.69, 9.17) is 0 Å². The Bertz CT molecular complexity index is 992. The molecule has 6 aliphatic rings. The fourth-order valence-corrected chi connectivity index (χ4v) is 11.3. The highest BCUT2D eigenvalue weighted by Crippen LogP contribution is 2.72. The molecule has 0 aromatic carbocycles. The van der Waals surface area contributed by atoms with Gasteiger partial charge in [0.15, 0.2) is 5.78 Å². The molecule has 0 spiro atoms. The number of hydrogen-bond acceptors (Lipinski definition) is 3. The third kappa shape index (κ3) is 4.00. The summed E-state index contributed by atoms with van der Waals surface area (Å²) in [5.41, 5.74) is 3.30. The number of fused-ring (bicyclic) bond motifs is 7. The van der Waals surface area contributed by atoms with Gasteiger partial charge in [-0.3, -0.25) is 9.59 Å². The summed E-state index contributed by atoms with van der Waals surface area (Å²) in [6, 6.07) is 0. The van der Waals surface area contributed by atoms with Crippen LogP contribution in [0.25, 0.3) is 0 Å². The van der Waals surface area contributed by atoms with Crippen LogP contribution in [0.1, 0.15) is 120 Å². The maximum atomic E-state index is 13.5. The summed E-state index contributed by atoms with van der Waals surface area (Å²) < 4.78 is 0. The van der Waals surface area contributed by atoms with Crippen LogP contribution in [0.15, 0.2) is 11.1 Å². The molecule has 1 saturated heterocycles. The Balaban J connectivity index is 0.00000144. The van der Waals surface area contributed by atoms with Crippen LogP contribution in [-0.4, -0.2) is 30.3 Å². The Morgan fingerprint density at radius 2 is 1.61 bits per heavy atom. The van der Waals surface area contributed by atoms with Crippen molar-refractivity contribution in [1.29, 1.82) is 0 Å². The fourth-order valence-electron chi connectivity index (χ4n) is 11.3. The Kier molecular flexibility index (Phi) is 7.27. The first-order valence-corrected chi connectivity index (χ1v) is 16.2. The summed E-state index contributed by atoms with van der Waals surface area (Å²) in [7, 11) is 0. The van der Waals surface area contributed by atoms with Crippen molar-refractivity contribution < 1.29 is 9.59 Å². The maximum absolute atomic E-state index is 13.5. The summed E-state index contributed by atoms with van der Waals surface area (Å²) in [6.45, 7) is 20.3. The van der Waals surface area contributed by atoms with Gasteiger partial charge in [-0.15, -0.1) is 0 Å². The van der Waals surface area contributed by atoms with Crippen LogP contribution in [0, 0.1) is 51.8 Å². The minimum absolute atomic E-state index is 0.0645. The summed E-state index contributed by atoms with van der Waals surface area (Å²) >= 11 is 0. The van der Waals surface area contributed by atoms with Gasteiger partial charge >= 0.3 is 0 Å². The van der Waals surface area contributed by atoms with Gasteiger partial charge in [0.25, 0.3) is 0 Å². The molecule has 38 heavy (non-hydrogen) atoms. The van der Waals surface area contributed by atoms with Gasteiger partial charge < -0.3 is 10.6 Å². The van der Waals surface area contributed by atoms with Crippen LogP contribution < -0.4 is 10.6 Å². The molecule has 6 rings (SSSR count). The predicted octanol–water partition coefficient (Wildman–Crippen LogP) is 7.08. The van der Waals surface area contributed by atoms with E-state index in [1.165, 1.54) is 50.5 Å². The van der Waals surface area contributed by atoms with Crippen LogP contribution in [0.5, 0.6) is 0 Å². The highest BCUT2D eigenvalue weighted by molar-refractivity contribution is 6.02. The summed E-state index contributed by atoms with van der Waals surface area (Å²) in [6.07, 6.45) is 12.0. The first kappa shape index (κ1) is 28.4. The van der Waals surface area contributed by atoms with Gasteiger partial charge in [0, 0.05) is 19.5 Å². The third-order valence-corrected chi connectivity index (χ3v) is 12.9. The van der Waals surface area contributed by atoms with E-state index in [9.17, 15) is 9.59 Å². The van der Waals surface area contributed by atoms with Crippen molar-refractivity contribution in [3.8, 4) is 0 Å². The number of amides is 1. The largest absolute Gasteiger partial charge is 0.346 e. The Morgan fingerprint density at radius 3 is 2.24 bits per heavy atom. The topological polar surface area (TPSA) is 58.2 Å². The van der Waals surface area contributed by atoms with Crippen LogP contribution >= 0.6 is 0 Å². The number of ketones is 1. The Hall–Kier alpha value is -1.16. The smallest absolute Gasteiger partial charge is 0.226 e. The molecule has 2 N–H and O–H groups in total. The molecule has 0 radical (unpaired) electrons. The quantitative estimate of drug-likeness (QED) is 0.415. The first-order valence-electron chi connectivity index (χ1n) is 16.2. The lowest BCUT2D eigenvalue weighted by molar-refractivity contribution is -0.177. The van der Waals surface area contributed by atoms with E-state index in [-0.39, 0.29) is 17.7 Å². The molecular formula is C34H56N2O2. The number of hydrogen-bond donors (Lipinski definition) is 2. The lowest BCUT2D eigenvalue weighted by Gasteiger charge is -2.68. The third-order valence-electron chi connectivity index (χ3n) is 12.9. The molecule has 0 aromatic rings. The van der Waals surface area contributed by atoms with Gasteiger partial charge in [0.1, 0.15) is 0 Å². The number of allylic oxidation sites excluding steroid dienone is 1. The predicted molar refractivity (Wildman–Crippen MR) is 156 cm³/mol. The fraction of sp³-hybridized carbons (Fsp3) is 0.882. The lowest BCUT2D eigenvalue weighted by atomic mass is 9.37. The number of rotatable bonds is 3. The van der Waals surface area contributed by atoms with Crippen molar-refractivity contribution in [2.24, 2.45) is 51.8 Å². The zero-order valence-electron chi connectivity index (χ0n) is 25.8. The second-order valence-electron chi connectivity index (χ2n) is 15.3. The molecule has 4 nitrogen and oxygen atoms in total. The van der Waals surface area contributed by atoms with Gasteiger partial charge in [-0.25, -0.2) is 0 Å². The molecule has 7 atom stereocenters. The maximum Gasteiger partial charge on any atom is 0.226 e. The van der Waals surface area contributed by atoms with Gasteiger partial charge in [-0.2, -0.15) is 0 Å². The monoisotopic (exact) mass is 524 g/mol. The van der Waals surface area contributed by atoms with E-state index in [2.05, 4.69) is 52.2 Å². The minimum Gasteiger partial charge on any atom is -0.346 e. The molecule has 1 aliphatic heterocycles. The molecule has 1 amide bonds. The Morgan fingerprint density at radius 1 is 0.895 bits per heavy atom. The van der Waals surface area contributed by atoms with Crippen molar-refractivity contribution in [1.82, 2.24) is 10.6 Å². The van der Waals surface area contributed by atoms with Gasteiger partial charge in [0.2, 0.25) is 5.91 Å². The van der Waals surface area contributed by atoms with Crippen LogP contribution in [0.4, 0.5) is 0 Å². The average Bonchev–Trinajstić information content (AvgIpc) is 3.10. The molecule has 0 bridgehead atoms. The van der Waals surface area contributed by atoms with Crippen LogP contribution in [0.3, 0.4) is 0 Å². The zero-order valence-corrected chi connectivity index (χ0v) is 25.8. The van der Waals surface area contributed by atoms with Crippen molar-refractivity contribution in [2.45, 2.75) is 125 Å². The van der Waals surface area contributed by atoms with E-state index in [1.54, 1.807) is 0 Å². The van der Waals surface area contributed by atoms with Gasteiger partial charge in [-0.1, -0.05) is 61.8 Å². The number of carbonyl (C=O) groups is 2. The first-order chi connectivity index (χ1) is 17.9. The van der Waals surface area contributed by atoms with Crippen LogP contribution in [-0.2, 0) is 9.59 Å². The SMILES string of the molecule is CC.CC(C)C1=C2C3CCC4C(C)(CCC5C(C)(C)CCCC54C)C3CCC2(NC(=O)C2CNC2)CC1=O. The van der Waals surface area contributed by atoms with Gasteiger partial charge in [0.05, 0.1) is 11.5 Å². The van der Waals surface area contributed by atoms with E-state index in [0.29, 0.717) is 40.3 Å². The van der Waals surface area contributed by atoms with E-state index in [0.717, 1.165) is 43.3 Å². The van der Waals surface area contributed by atoms with Crippen molar-refractivity contribution in [3.63, 3.8) is 0 Å². The molecular weight excluding hydrogens is 468 g/mol. The van der Waals surface area contributed by atoms with E-state index < -0.39 is 5.54 Å². The van der Waals surface area contributed by atoms with E-state index in [1.807, 2.05) is 13.8 Å². The number of Topliss-reactive ketones (excluding diaryl/α,β-unsaturated/α-hetero) is 1. The molecule has 1 heterocycles. The van der Waals surface area contributed by atoms with Crippen molar-refractivity contribution >= 4 is 11.7 Å². The van der Waals surface area contributed by atoms with E-state index >= 15 is 0 Å².